The Morgan fingerprint density at radius 1 is 0.737 bits per heavy atom. The van der Waals surface area contributed by atoms with Crippen molar-refractivity contribution in [2.75, 3.05) is 52.1 Å². The molecule has 2 amide bonds. The number of hydrogen-bond donors (Lipinski definition) is 2. The molecule has 0 saturated carbocycles. The normalized spacial score (nSPS) is 11.5. The van der Waals surface area contributed by atoms with Crippen LogP contribution in [-0.2, 0) is 35.1 Å². The van der Waals surface area contributed by atoms with Crippen LogP contribution in [0, 0.1) is 0 Å². The van der Waals surface area contributed by atoms with Gasteiger partial charge < -0.3 is 34.3 Å². The minimum atomic E-state index is -0.923. The largest absolute Gasteiger partial charge is 0.457 e. The molecular weight excluding hydrogens is 488 g/mol. The lowest BCUT2D eigenvalue weighted by atomic mass is 10.2. The van der Waals surface area contributed by atoms with Gasteiger partial charge in [0, 0.05) is 12.8 Å². The summed E-state index contributed by atoms with van der Waals surface area (Å²) in [6.07, 6.45) is 0. The maximum absolute atomic E-state index is 13.0. The molecule has 0 aliphatic carbocycles. The lowest BCUT2D eigenvalue weighted by Crippen LogP contribution is -2.48. The summed E-state index contributed by atoms with van der Waals surface area (Å²) in [6.45, 7) is 1.61. The minimum Gasteiger partial charge on any atom is -0.457 e. The molecule has 0 aliphatic heterocycles. The van der Waals surface area contributed by atoms with Crippen LogP contribution in [0.25, 0.3) is 0 Å². The predicted octanol–water partition coefficient (Wildman–Crippen LogP) is 3.80. The first-order valence-corrected chi connectivity index (χ1v) is 12.3. The van der Waals surface area contributed by atoms with E-state index in [1.54, 1.807) is 31.4 Å². The number of nitrogens with one attached hydrogen (secondary N) is 2. The number of methoxy groups -OCH3 is 1. The van der Waals surface area contributed by atoms with Crippen LogP contribution in [0.3, 0.4) is 0 Å². The topological polar surface area (TPSA) is 104 Å². The quantitative estimate of drug-likeness (QED) is 0.260. The standard InChI is InChI=1S/C29H34N2O7/c1-34-16-17-35-18-19-36-22-28(32)31-27(21-37-20-23-8-4-2-5-9-23)29(33)30-24-12-14-26(15-13-24)38-25-10-6-3-7-11-25/h2-15,27H,16-22H2,1H3,(H,30,33)(H,31,32). The Labute approximate surface area is 223 Å². The second kappa shape index (κ2) is 16.9. The van der Waals surface area contributed by atoms with E-state index in [0.29, 0.717) is 43.6 Å². The number of rotatable bonds is 17. The lowest BCUT2D eigenvalue weighted by molar-refractivity contribution is -0.131. The number of anilines is 1. The van der Waals surface area contributed by atoms with E-state index in [-0.39, 0.29) is 19.8 Å². The number of carbonyl (C=O) groups is 2. The van der Waals surface area contributed by atoms with Crippen molar-refractivity contribution >= 4 is 17.5 Å². The fourth-order valence-electron chi connectivity index (χ4n) is 3.28. The van der Waals surface area contributed by atoms with E-state index >= 15 is 0 Å². The Bertz CT molecular complexity index is 1080. The molecule has 2 N–H and O–H groups in total. The zero-order valence-corrected chi connectivity index (χ0v) is 21.5. The smallest absolute Gasteiger partial charge is 0.249 e. The van der Waals surface area contributed by atoms with Gasteiger partial charge in [-0.3, -0.25) is 9.59 Å². The molecule has 3 rings (SSSR count). The minimum absolute atomic E-state index is 0.0121. The predicted molar refractivity (Wildman–Crippen MR) is 143 cm³/mol. The molecule has 0 radical (unpaired) electrons. The third kappa shape index (κ3) is 11.1. The van der Waals surface area contributed by atoms with Gasteiger partial charge in [-0.05, 0) is 42.0 Å². The van der Waals surface area contributed by atoms with E-state index in [1.165, 1.54) is 0 Å². The number of carbonyl (C=O) groups excluding carboxylic acids is 2. The highest BCUT2D eigenvalue weighted by molar-refractivity contribution is 5.97. The van der Waals surface area contributed by atoms with E-state index in [4.69, 9.17) is 23.7 Å². The Morgan fingerprint density at radius 2 is 1.37 bits per heavy atom. The summed E-state index contributed by atoms with van der Waals surface area (Å²) < 4.78 is 27.1. The molecule has 0 aliphatic rings. The third-order valence-corrected chi connectivity index (χ3v) is 5.19. The summed E-state index contributed by atoms with van der Waals surface area (Å²) >= 11 is 0. The van der Waals surface area contributed by atoms with Crippen LogP contribution in [0.2, 0.25) is 0 Å². The average Bonchev–Trinajstić information content (AvgIpc) is 2.94. The van der Waals surface area contributed by atoms with E-state index < -0.39 is 17.9 Å². The van der Waals surface area contributed by atoms with Crippen LogP contribution in [0.4, 0.5) is 5.69 Å². The zero-order valence-electron chi connectivity index (χ0n) is 21.5. The fourth-order valence-corrected chi connectivity index (χ4v) is 3.28. The van der Waals surface area contributed by atoms with E-state index in [2.05, 4.69) is 10.6 Å². The highest BCUT2D eigenvalue weighted by Crippen LogP contribution is 2.22. The van der Waals surface area contributed by atoms with Crippen LogP contribution in [-0.4, -0.2) is 64.6 Å². The molecule has 1 atom stereocenters. The number of amides is 2. The van der Waals surface area contributed by atoms with Crippen LogP contribution in [0.1, 0.15) is 5.56 Å². The molecule has 0 spiro atoms. The van der Waals surface area contributed by atoms with Gasteiger partial charge in [0.15, 0.2) is 0 Å². The summed E-state index contributed by atoms with van der Waals surface area (Å²) in [4.78, 5) is 25.5. The highest BCUT2D eigenvalue weighted by Gasteiger charge is 2.21. The van der Waals surface area contributed by atoms with Crippen molar-refractivity contribution in [2.24, 2.45) is 0 Å². The summed E-state index contributed by atoms with van der Waals surface area (Å²) in [5.41, 5.74) is 1.52. The Kier molecular flexibility index (Phi) is 12.8. The SMILES string of the molecule is COCCOCCOCC(=O)NC(COCc1ccccc1)C(=O)Nc1ccc(Oc2ccccc2)cc1. The molecule has 0 heterocycles. The monoisotopic (exact) mass is 522 g/mol. The summed E-state index contributed by atoms with van der Waals surface area (Å²) in [5, 5.41) is 5.51. The molecule has 9 heteroatoms. The molecule has 9 nitrogen and oxygen atoms in total. The molecule has 38 heavy (non-hydrogen) atoms. The highest BCUT2D eigenvalue weighted by atomic mass is 16.5. The first kappa shape index (κ1) is 28.8. The zero-order chi connectivity index (χ0) is 26.8. The Hall–Kier alpha value is -3.76. The van der Waals surface area contributed by atoms with Gasteiger partial charge in [0.1, 0.15) is 24.1 Å². The van der Waals surface area contributed by atoms with Gasteiger partial charge in [0.25, 0.3) is 0 Å². The number of hydrogen-bond acceptors (Lipinski definition) is 7. The summed E-state index contributed by atoms with van der Waals surface area (Å²) in [7, 11) is 1.59. The van der Waals surface area contributed by atoms with Crippen molar-refractivity contribution in [3.63, 3.8) is 0 Å². The van der Waals surface area contributed by atoms with Gasteiger partial charge in [0.05, 0.1) is 39.6 Å². The molecule has 0 aromatic heterocycles. The van der Waals surface area contributed by atoms with Gasteiger partial charge in [-0.2, -0.15) is 0 Å². The molecular formula is C29H34N2O7. The number of benzene rings is 3. The van der Waals surface area contributed by atoms with Gasteiger partial charge in [-0.15, -0.1) is 0 Å². The van der Waals surface area contributed by atoms with Crippen LogP contribution in [0.15, 0.2) is 84.9 Å². The van der Waals surface area contributed by atoms with Crippen LogP contribution < -0.4 is 15.4 Å². The van der Waals surface area contributed by atoms with Gasteiger partial charge in [0.2, 0.25) is 11.8 Å². The van der Waals surface area contributed by atoms with Crippen molar-refractivity contribution in [3.8, 4) is 11.5 Å². The van der Waals surface area contributed by atoms with Crippen LogP contribution in [0.5, 0.6) is 11.5 Å². The second-order valence-corrected chi connectivity index (χ2v) is 8.21. The van der Waals surface area contributed by atoms with E-state index in [1.807, 2.05) is 60.7 Å². The van der Waals surface area contributed by atoms with Crippen molar-refractivity contribution < 1.29 is 33.3 Å². The molecule has 0 saturated heterocycles. The molecule has 0 fully saturated rings. The maximum Gasteiger partial charge on any atom is 0.249 e. The van der Waals surface area contributed by atoms with Gasteiger partial charge in [-0.1, -0.05) is 48.5 Å². The molecule has 1 unspecified atom stereocenters. The maximum atomic E-state index is 13.0. The summed E-state index contributed by atoms with van der Waals surface area (Å²) in [5.74, 6) is 0.503. The first-order chi connectivity index (χ1) is 18.6. The van der Waals surface area contributed by atoms with Crippen molar-refractivity contribution in [3.05, 3.63) is 90.5 Å². The lowest BCUT2D eigenvalue weighted by Gasteiger charge is -2.19. The second-order valence-electron chi connectivity index (χ2n) is 8.21. The van der Waals surface area contributed by atoms with Gasteiger partial charge in [-0.25, -0.2) is 0 Å². The van der Waals surface area contributed by atoms with E-state index in [9.17, 15) is 9.59 Å². The van der Waals surface area contributed by atoms with Crippen molar-refractivity contribution in [2.45, 2.75) is 12.6 Å². The molecule has 202 valence electrons. The van der Waals surface area contributed by atoms with Crippen molar-refractivity contribution in [1.82, 2.24) is 5.32 Å². The molecule has 0 bridgehead atoms. The summed E-state index contributed by atoms with van der Waals surface area (Å²) in [6, 6.07) is 25.0. The number of para-hydroxylation sites is 1. The fraction of sp³-hybridized carbons (Fsp3) is 0.310. The van der Waals surface area contributed by atoms with Crippen molar-refractivity contribution in [1.29, 1.82) is 0 Å². The molecule has 3 aromatic carbocycles. The Morgan fingerprint density at radius 3 is 2.08 bits per heavy atom. The van der Waals surface area contributed by atoms with Gasteiger partial charge >= 0.3 is 0 Å². The number of ether oxygens (including phenoxy) is 5. The van der Waals surface area contributed by atoms with E-state index in [0.717, 1.165) is 5.56 Å². The third-order valence-electron chi connectivity index (χ3n) is 5.19. The Balaban J connectivity index is 1.51. The molecule has 3 aromatic rings. The first-order valence-electron chi connectivity index (χ1n) is 12.3. The average molecular weight is 523 g/mol. The van der Waals surface area contributed by atoms with Crippen LogP contribution >= 0.6 is 0 Å².